The molecule has 1 saturated carbocycles. The Morgan fingerprint density at radius 1 is 1.04 bits per heavy atom. The van der Waals surface area contributed by atoms with Crippen LogP contribution in [-0.2, 0) is 4.79 Å². The van der Waals surface area contributed by atoms with E-state index in [1.807, 2.05) is 4.90 Å². The molecule has 0 bridgehead atoms. The van der Waals surface area contributed by atoms with Crippen LogP contribution in [-0.4, -0.2) is 71.8 Å². The zero-order valence-electron chi connectivity index (χ0n) is 16.7. The normalized spacial score (nSPS) is 29.4. The van der Waals surface area contributed by atoms with Gasteiger partial charge in [0.15, 0.2) is 5.71 Å². The fraction of sp³-hybridized carbons (Fsp3) is 0.905. The zero-order valence-corrected chi connectivity index (χ0v) is 16.7. The van der Waals surface area contributed by atoms with E-state index >= 15 is 0 Å². The lowest BCUT2D eigenvalue weighted by molar-refractivity contribution is -0.543. The average molecular weight is 349 g/mol. The highest BCUT2D eigenvalue weighted by molar-refractivity contribution is 5.80. The average Bonchev–Trinajstić information content (AvgIpc) is 2.63. The molecule has 0 aromatic heterocycles. The summed E-state index contributed by atoms with van der Waals surface area (Å²) in [6.07, 6.45) is 8.22. The molecule has 2 saturated heterocycles. The van der Waals surface area contributed by atoms with Crippen LogP contribution >= 0.6 is 0 Å². The number of carbonyl (C=O) groups excluding carboxylic acids is 1. The second-order valence-corrected chi connectivity index (χ2v) is 8.88. The van der Waals surface area contributed by atoms with Crippen molar-refractivity contribution < 1.29 is 9.37 Å². The minimum atomic E-state index is 0.233. The predicted octanol–water partition coefficient (Wildman–Crippen LogP) is 2.86. The third-order valence-corrected chi connectivity index (χ3v) is 6.95. The summed E-state index contributed by atoms with van der Waals surface area (Å²) in [5.74, 6) is 2.90. The number of piperidine rings is 1. The van der Waals surface area contributed by atoms with Crippen molar-refractivity contribution in [2.45, 2.75) is 59.3 Å². The zero-order chi connectivity index (χ0) is 17.8. The molecule has 3 aliphatic rings. The molecule has 2 heterocycles. The summed E-state index contributed by atoms with van der Waals surface area (Å²) in [6, 6.07) is 0. The smallest absolute Gasteiger partial charge is 0.219 e. The Labute approximate surface area is 154 Å². The van der Waals surface area contributed by atoms with E-state index in [1.54, 1.807) is 12.6 Å². The van der Waals surface area contributed by atoms with Crippen LogP contribution in [0.15, 0.2) is 0 Å². The second-order valence-electron chi connectivity index (χ2n) is 8.88. The first-order valence-corrected chi connectivity index (χ1v) is 10.6. The van der Waals surface area contributed by atoms with Gasteiger partial charge in [-0.15, -0.1) is 0 Å². The maximum atomic E-state index is 11.4. The highest BCUT2D eigenvalue weighted by Gasteiger charge is 2.30. The number of nitrogens with zero attached hydrogens (tertiary/aromatic N) is 3. The Morgan fingerprint density at radius 3 is 2.16 bits per heavy atom. The van der Waals surface area contributed by atoms with Crippen LogP contribution in [0, 0.1) is 17.8 Å². The van der Waals surface area contributed by atoms with Gasteiger partial charge in [-0.25, -0.2) is 4.58 Å². The molecule has 4 nitrogen and oxygen atoms in total. The standard InChI is InChI=1S/C21H38N3O/c1-17(2)20-4-6-21(7-5-20)24-10-8-19(9-11-24)16-22-12-14-23(15-13-22)18(3)25/h17,19-20H,4-16H2,1-3H3/q+1. The van der Waals surface area contributed by atoms with Gasteiger partial charge < -0.3 is 4.90 Å². The molecule has 0 N–H and O–H groups in total. The van der Waals surface area contributed by atoms with Gasteiger partial charge in [-0.3, -0.25) is 9.69 Å². The van der Waals surface area contributed by atoms with Crippen molar-refractivity contribution in [2.75, 3.05) is 45.8 Å². The summed E-state index contributed by atoms with van der Waals surface area (Å²) >= 11 is 0. The van der Waals surface area contributed by atoms with Gasteiger partial charge in [0.2, 0.25) is 5.91 Å². The molecule has 1 amide bonds. The van der Waals surface area contributed by atoms with Crippen LogP contribution in [0.1, 0.15) is 59.3 Å². The van der Waals surface area contributed by atoms with Crippen LogP contribution in [0.5, 0.6) is 0 Å². The third kappa shape index (κ3) is 5.06. The van der Waals surface area contributed by atoms with Gasteiger partial charge in [-0.05, 0) is 30.6 Å². The maximum absolute atomic E-state index is 11.4. The first-order valence-electron chi connectivity index (χ1n) is 10.6. The molecule has 25 heavy (non-hydrogen) atoms. The number of piperazine rings is 1. The second kappa shape index (κ2) is 8.66. The molecule has 142 valence electrons. The van der Waals surface area contributed by atoms with Crippen LogP contribution in [0.2, 0.25) is 0 Å². The molecule has 0 spiro atoms. The van der Waals surface area contributed by atoms with E-state index in [-0.39, 0.29) is 5.91 Å². The lowest BCUT2D eigenvalue weighted by Crippen LogP contribution is -2.49. The number of hydrogen-bond donors (Lipinski definition) is 0. The lowest BCUT2D eigenvalue weighted by atomic mass is 9.80. The van der Waals surface area contributed by atoms with Crippen molar-refractivity contribution in [1.82, 2.24) is 9.80 Å². The Bertz CT molecular complexity index is 471. The fourth-order valence-electron chi connectivity index (χ4n) is 5.00. The summed E-state index contributed by atoms with van der Waals surface area (Å²) in [4.78, 5) is 16.0. The molecule has 1 aliphatic carbocycles. The molecule has 0 radical (unpaired) electrons. The van der Waals surface area contributed by atoms with Crippen molar-refractivity contribution in [2.24, 2.45) is 17.8 Å². The van der Waals surface area contributed by atoms with Crippen molar-refractivity contribution in [3.05, 3.63) is 0 Å². The highest BCUT2D eigenvalue weighted by atomic mass is 16.2. The molecule has 0 unspecified atom stereocenters. The van der Waals surface area contributed by atoms with Crippen LogP contribution < -0.4 is 0 Å². The Morgan fingerprint density at radius 2 is 1.64 bits per heavy atom. The first-order chi connectivity index (χ1) is 12.0. The third-order valence-electron chi connectivity index (χ3n) is 6.95. The van der Waals surface area contributed by atoms with Gasteiger partial charge in [0.05, 0.1) is 0 Å². The fourth-order valence-corrected chi connectivity index (χ4v) is 5.00. The number of amides is 1. The van der Waals surface area contributed by atoms with E-state index in [0.29, 0.717) is 0 Å². The van der Waals surface area contributed by atoms with Crippen molar-refractivity contribution in [1.29, 1.82) is 0 Å². The maximum Gasteiger partial charge on any atom is 0.219 e. The number of hydrogen-bond acceptors (Lipinski definition) is 2. The number of rotatable bonds is 3. The Balaban J connectivity index is 1.41. The molecule has 0 aromatic rings. The summed E-state index contributed by atoms with van der Waals surface area (Å²) in [5, 5.41) is 0. The van der Waals surface area contributed by atoms with E-state index < -0.39 is 0 Å². The van der Waals surface area contributed by atoms with Crippen LogP contribution in [0.25, 0.3) is 0 Å². The monoisotopic (exact) mass is 348 g/mol. The molecule has 3 fully saturated rings. The van der Waals surface area contributed by atoms with Crippen molar-refractivity contribution in [3.8, 4) is 0 Å². The molecule has 2 aliphatic heterocycles. The van der Waals surface area contributed by atoms with E-state index in [9.17, 15) is 4.79 Å². The Hall–Kier alpha value is -0.900. The van der Waals surface area contributed by atoms with Gasteiger partial charge in [0.25, 0.3) is 0 Å². The van der Waals surface area contributed by atoms with E-state index in [2.05, 4.69) is 23.3 Å². The molecular weight excluding hydrogens is 310 g/mol. The molecule has 0 aromatic carbocycles. The first kappa shape index (κ1) is 18.9. The Kier molecular flexibility index (Phi) is 6.54. The van der Waals surface area contributed by atoms with E-state index in [4.69, 9.17) is 0 Å². The minimum Gasteiger partial charge on any atom is -0.340 e. The SMILES string of the molecule is CC(=O)N1CCN(CC2CC[N+](=C3CCC(C(C)C)CC3)CC2)CC1. The van der Waals surface area contributed by atoms with Gasteiger partial charge in [0.1, 0.15) is 13.1 Å². The van der Waals surface area contributed by atoms with Gasteiger partial charge in [-0.2, -0.15) is 0 Å². The summed E-state index contributed by atoms with van der Waals surface area (Å²) in [7, 11) is 0. The summed E-state index contributed by atoms with van der Waals surface area (Å²) in [6.45, 7) is 14.2. The van der Waals surface area contributed by atoms with Gasteiger partial charge >= 0.3 is 0 Å². The summed E-state index contributed by atoms with van der Waals surface area (Å²) < 4.78 is 2.72. The number of carbonyl (C=O) groups is 1. The quantitative estimate of drug-likeness (QED) is 0.733. The largest absolute Gasteiger partial charge is 0.340 e. The minimum absolute atomic E-state index is 0.233. The van der Waals surface area contributed by atoms with Crippen molar-refractivity contribution >= 4 is 11.6 Å². The summed E-state index contributed by atoms with van der Waals surface area (Å²) in [5.41, 5.74) is 1.76. The molecule has 3 rings (SSSR count). The van der Waals surface area contributed by atoms with Gasteiger partial charge in [0, 0.05) is 65.3 Å². The van der Waals surface area contributed by atoms with Crippen LogP contribution in [0.4, 0.5) is 0 Å². The molecule has 4 heteroatoms. The molecular formula is C21H38N3O+. The highest BCUT2D eigenvalue weighted by Crippen LogP contribution is 2.29. The van der Waals surface area contributed by atoms with Gasteiger partial charge in [-0.1, -0.05) is 13.8 Å². The topological polar surface area (TPSA) is 26.6 Å². The van der Waals surface area contributed by atoms with E-state index in [0.717, 1.165) is 43.9 Å². The predicted molar refractivity (Wildman–Crippen MR) is 103 cm³/mol. The van der Waals surface area contributed by atoms with E-state index in [1.165, 1.54) is 58.2 Å². The van der Waals surface area contributed by atoms with Crippen molar-refractivity contribution in [3.63, 3.8) is 0 Å². The molecule has 0 atom stereocenters. The van der Waals surface area contributed by atoms with Crippen LogP contribution in [0.3, 0.4) is 0 Å². The lowest BCUT2D eigenvalue weighted by Gasteiger charge is -2.36.